The Kier molecular flexibility index (Phi) is 3.79. The molecule has 0 aliphatic carbocycles. The second kappa shape index (κ2) is 5.13. The SMILES string of the molecule is Nc1cc(Cl)ccc1Sc1ccccc1Br. The lowest BCUT2D eigenvalue weighted by Crippen LogP contribution is -1.88. The molecular weight excluding hydrogens is 306 g/mol. The summed E-state index contributed by atoms with van der Waals surface area (Å²) in [5.41, 5.74) is 6.60. The maximum Gasteiger partial charge on any atom is 0.0470 e. The molecule has 0 amide bonds. The molecule has 0 aliphatic rings. The highest BCUT2D eigenvalue weighted by atomic mass is 79.9. The quantitative estimate of drug-likeness (QED) is 0.803. The van der Waals surface area contributed by atoms with Crippen LogP contribution >= 0.6 is 39.3 Å². The first kappa shape index (κ1) is 11.8. The van der Waals surface area contributed by atoms with Gasteiger partial charge in [0.05, 0.1) is 0 Å². The lowest BCUT2D eigenvalue weighted by Gasteiger charge is -2.07. The third-order valence-electron chi connectivity index (χ3n) is 2.03. The number of halogens is 2. The molecule has 0 aliphatic heterocycles. The van der Waals surface area contributed by atoms with Gasteiger partial charge >= 0.3 is 0 Å². The predicted octanol–water partition coefficient (Wildman–Crippen LogP) is 4.84. The molecule has 0 bridgehead atoms. The summed E-state index contributed by atoms with van der Waals surface area (Å²) in [6, 6.07) is 13.6. The normalized spacial score (nSPS) is 10.4. The molecule has 0 aromatic heterocycles. The van der Waals surface area contributed by atoms with E-state index in [1.54, 1.807) is 17.8 Å². The van der Waals surface area contributed by atoms with E-state index in [-0.39, 0.29) is 0 Å². The first-order chi connectivity index (χ1) is 7.66. The van der Waals surface area contributed by atoms with Crippen LogP contribution in [0.15, 0.2) is 56.7 Å². The zero-order valence-corrected chi connectivity index (χ0v) is 11.4. The highest BCUT2D eigenvalue weighted by Crippen LogP contribution is 2.36. The molecule has 4 heteroatoms. The molecule has 2 rings (SSSR count). The van der Waals surface area contributed by atoms with Gasteiger partial charge in [0.2, 0.25) is 0 Å². The van der Waals surface area contributed by atoms with Crippen molar-refractivity contribution in [1.29, 1.82) is 0 Å². The van der Waals surface area contributed by atoms with Gasteiger partial charge < -0.3 is 5.73 Å². The molecule has 2 N–H and O–H groups in total. The number of anilines is 1. The Morgan fingerprint density at radius 2 is 1.81 bits per heavy atom. The fourth-order valence-corrected chi connectivity index (χ4v) is 2.83. The minimum absolute atomic E-state index is 0.661. The van der Waals surface area contributed by atoms with Crippen molar-refractivity contribution >= 4 is 45.0 Å². The van der Waals surface area contributed by atoms with Crippen molar-refractivity contribution in [2.45, 2.75) is 9.79 Å². The monoisotopic (exact) mass is 313 g/mol. The molecule has 0 heterocycles. The average Bonchev–Trinajstić information content (AvgIpc) is 2.25. The van der Waals surface area contributed by atoms with E-state index in [1.807, 2.05) is 36.4 Å². The van der Waals surface area contributed by atoms with Gasteiger partial charge in [0.25, 0.3) is 0 Å². The van der Waals surface area contributed by atoms with E-state index in [4.69, 9.17) is 17.3 Å². The van der Waals surface area contributed by atoms with Crippen molar-refractivity contribution in [3.05, 3.63) is 52.0 Å². The van der Waals surface area contributed by atoms with E-state index in [2.05, 4.69) is 15.9 Å². The van der Waals surface area contributed by atoms with Crippen LogP contribution in [0, 0.1) is 0 Å². The molecule has 0 radical (unpaired) electrons. The van der Waals surface area contributed by atoms with Gasteiger partial charge in [-0.15, -0.1) is 0 Å². The van der Waals surface area contributed by atoms with Gasteiger partial charge in [-0.25, -0.2) is 0 Å². The first-order valence-electron chi connectivity index (χ1n) is 4.64. The summed E-state index contributed by atoms with van der Waals surface area (Å²) in [5, 5.41) is 0.661. The van der Waals surface area contributed by atoms with Crippen LogP contribution < -0.4 is 5.73 Å². The Morgan fingerprint density at radius 3 is 2.50 bits per heavy atom. The van der Waals surface area contributed by atoms with Gasteiger partial charge in [-0.05, 0) is 46.3 Å². The van der Waals surface area contributed by atoms with Crippen LogP contribution in [0.1, 0.15) is 0 Å². The molecule has 2 aromatic carbocycles. The van der Waals surface area contributed by atoms with Gasteiger partial charge in [0, 0.05) is 25.0 Å². The van der Waals surface area contributed by atoms with Gasteiger partial charge in [-0.3, -0.25) is 0 Å². The van der Waals surface area contributed by atoms with Crippen LogP contribution in [-0.2, 0) is 0 Å². The molecule has 0 fully saturated rings. The zero-order valence-electron chi connectivity index (χ0n) is 8.28. The van der Waals surface area contributed by atoms with E-state index >= 15 is 0 Å². The Bertz CT molecular complexity index is 516. The average molecular weight is 315 g/mol. The van der Waals surface area contributed by atoms with Crippen LogP contribution in [0.2, 0.25) is 5.02 Å². The number of nitrogen functional groups attached to an aromatic ring is 1. The number of hydrogen-bond acceptors (Lipinski definition) is 2. The van der Waals surface area contributed by atoms with Crippen molar-refractivity contribution < 1.29 is 0 Å². The lowest BCUT2D eigenvalue weighted by molar-refractivity contribution is 1.38. The van der Waals surface area contributed by atoms with Gasteiger partial charge in [0.15, 0.2) is 0 Å². The number of hydrogen-bond donors (Lipinski definition) is 1. The topological polar surface area (TPSA) is 26.0 Å². The van der Waals surface area contributed by atoms with E-state index in [0.717, 1.165) is 14.3 Å². The van der Waals surface area contributed by atoms with E-state index in [0.29, 0.717) is 10.7 Å². The molecule has 0 saturated carbocycles. The third kappa shape index (κ3) is 2.73. The van der Waals surface area contributed by atoms with Crippen LogP contribution in [0.25, 0.3) is 0 Å². The van der Waals surface area contributed by atoms with E-state index in [1.165, 1.54) is 0 Å². The van der Waals surface area contributed by atoms with Crippen molar-refractivity contribution in [2.24, 2.45) is 0 Å². The predicted molar refractivity (Wildman–Crippen MR) is 74.1 cm³/mol. The first-order valence-corrected chi connectivity index (χ1v) is 6.63. The number of nitrogens with two attached hydrogens (primary N) is 1. The molecule has 0 spiro atoms. The van der Waals surface area contributed by atoms with Gasteiger partial charge in [0.1, 0.15) is 0 Å². The lowest BCUT2D eigenvalue weighted by atomic mass is 10.3. The fraction of sp³-hybridized carbons (Fsp3) is 0. The van der Waals surface area contributed by atoms with Gasteiger partial charge in [-0.2, -0.15) is 0 Å². The molecule has 0 saturated heterocycles. The summed E-state index contributed by atoms with van der Waals surface area (Å²) in [5.74, 6) is 0. The van der Waals surface area contributed by atoms with Crippen LogP contribution in [0.4, 0.5) is 5.69 Å². The minimum atomic E-state index is 0.661. The van der Waals surface area contributed by atoms with E-state index < -0.39 is 0 Å². The van der Waals surface area contributed by atoms with Crippen molar-refractivity contribution in [1.82, 2.24) is 0 Å². The summed E-state index contributed by atoms with van der Waals surface area (Å²) in [6.07, 6.45) is 0. The summed E-state index contributed by atoms with van der Waals surface area (Å²) in [4.78, 5) is 2.15. The Morgan fingerprint density at radius 1 is 1.06 bits per heavy atom. The molecule has 2 aromatic rings. The van der Waals surface area contributed by atoms with E-state index in [9.17, 15) is 0 Å². The second-order valence-corrected chi connectivity index (χ2v) is 5.59. The minimum Gasteiger partial charge on any atom is -0.398 e. The van der Waals surface area contributed by atoms with Crippen molar-refractivity contribution in [3.8, 4) is 0 Å². The summed E-state index contributed by atoms with van der Waals surface area (Å²) in [7, 11) is 0. The Balaban J connectivity index is 2.31. The molecular formula is C12H9BrClNS. The Labute approximate surface area is 112 Å². The molecule has 16 heavy (non-hydrogen) atoms. The molecule has 0 unspecified atom stereocenters. The largest absolute Gasteiger partial charge is 0.398 e. The standard InChI is InChI=1S/C12H9BrClNS/c13-9-3-1-2-4-11(9)16-12-6-5-8(14)7-10(12)15/h1-7H,15H2. The summed E-state index contributed by atoms with van der Waals surface area (Å²) >= 11 is 11.0. The smallest absolute Gasteiger partial charge is 0.0470 e. The maximum absolute atomic E-state index is 5.90. The van der Waals surface area contributed by atoms with Crippen LogP contribution in [-0.4, -0.2) is 0 Å². The van der Waals surface area contributed by atoms with Gasteiger partial charge in [-0.1, -0.05) is 35.5 Å². The molecule has 82 valence electrons. The third-order valence-corrected chi connectivity index (χ3v) is 4.39. The summed E-state index contributed by atoms with van der Waals surface area (Å²) < 4.78 is 1.06. The van der Waals surface area contributed by atoms with Crippen LogP contribution in [0.5, 0.6) is 0 Å². The highest BCUT2D eigenvalue weighted by molar-refractivity contribution is 9.10. The van der Waals surface area contributed by atoms with Crippen LogP contribution in [0.3, 0.4) is 0 Å². The number of benzene rings is 2. The molecule has 1 nitrogen and oxygen atoms in total. The fourth-order valence-electron chi connectivity index (χ4n) is 1.26. The molecule has 0 atom stereocenters. The maximum atomic E-state index is 5.90. The second-order valence-electron chi connectivity index (χ2n) is 3.21. The highest BCUT2D eigenvalue weighted by Gasteiger charge is 2.05. The zero-order chi connectivity index (χ0) is 11.5. The van der Waals surface area contributed by atoms with Crippen molar-refractivity contribution in [2.75, 3.05) is 5.73 Å². The Hall–Kier alpha value is -0.640. The van der Waals surface area contributed by atoms with Crippen molar-refractivity contribution in [3.63, 3.8) is 0 Å². The number of rotatable bonds is 2. The summed E-state index contributed by atoms with van der Waals surface area (Å²) in [6.45, 7) is 0.